The van der Waals surface area contributed by atoms with Crippen LogP contribution in [-0.2, 0) is 0 Å². The van der Waals surface area contributed by atoms with Crippen molar-refractivity contribution >= 4 is 11.8 Å². The maximum atomic E-state index is 3.73. The molecule has 0 aliphatic heterocycles. The minimum absolute atomic E-state index is 0.687. The van der Waals surface area contributed by atoms with Gasteiger partial charge >= 0.3 is 0 Å². The van der Waals surface area contributed by atoms with Crippen LogP contribution < -0.4 is 5.32 Å². The van der Waals surface area contributed by atoms with E-state index < -0.39 is 0 Å². The van der Waals surface area contributed by atoms with Gasteiger partial charge in [0.05, 0.1) is 0 Å². The molecule has 0 heterocycles. The lowest BCUT2D eigenvalue weighted by atomic mass is 9.84. The average Bonchev–Trinajstić information content (AvgIpc) is 2.48. The van der Waals surface area contributed by atoms with Gasteiger partial charge in [-0.1, -0.05) is 32.3 Å². The molecule has 1 aliphatic rings. The van der Waals surface area contributed by atoms with Crippen molar-refractivity contribution in [3.8, 4) is 0 Å². The summed E-state index contributed by atoms with van der Waals surface area (Å²) in [5.41, 5.74) is 2.80. The van der Waals surface area contributed by atoms with Gasteiger partial charge in [0.2, 0.25) is 0 Å². The Balaban J connectivity index is 1.91. The molecule has 0 radical (unpaired) electrons. The first-order valence-electron chi connectivity index (χ1n) is 8.14. The summed E-state index contributed by atoms with van der Waals surface area (Å²) in [7, 11) is 0. The number of aryl methyl sites for hydroxylation is 2. The summed E-state index contributed by atoms with van der Waals surface area (Å²) in [6, 6.07) is 7.55. The topological polar surface area (TPSA) is 12.0 Å². The van der Waals surface area contributed by atoms with Crippen LogP contribution in [0.25, 0.3) is 0 Å². The highest BCUT2D eigenvalue weighted by molar-refractivity contribution is 7.99. The van der Waals surface area contributed by atoms with Crippen molar-refractivity contribution in [2.45, 2.75) is 63.8 Å². The van der Waals surface area contributed by atoms with Gasteiger partial charge in [0, 0.05) is 16.7 Å². The second-order valence-corrected chi connectivity index (χ2v) is 7.21. The van der Waals surface area contributed by atoms with E-state index in [4.69, 9.17) is 0 Å². The first-order chi connectivity index (χ1) is 9.70. The van der Waals surface area contributed by atoms with E-state index in [9.17, 15) is 0 Å². The fourth-order valence-corrected chi connectivity index (χ4v) is 4.34. The largest absolute Gasteiger partial charge is 0.313 e. The number of hydrogen-bond acceptors (Lipinski definition) is 2. The van der Waals surface area contributed by atoms with Crippen LogP contribution in [0.5, 0.6) is 0 Å². The summed E-state index contributed by atoms with van der Waals surface area (Å²) in [6.45, 7) is 7.72. The van der Waals surface area contributed by atoms with Gasteiger partial charge < -0.3 is 5.32 Å². The molecule has 1 aromatic carbocycles. The number of nitrogens with one attached hydrogen (secondary N) is 1. The summed E-state index contributed by atoms with van der Waals surface area (Å²) in [5.74, 6) is 2.10. The van der Waals surface area contributed by atoms with E-state index in [1.165, 1.54) is 53.9 Å². The van der Waals surface area contributed by atoms with Crippen molar-refractivity contribution in [1.82, 2.24) is 5.32 Å². The number of hydrogen-bond donors (Lipinski definition) is 1. The minimum Gasteiger partial charge on any atom is -0.313 e. The van der Waals surface area contributed by atoms with Gasteiger partial charge in [0.15, 0.2) is 0 Å². The summed E-state index contributed by atoms with van der Waals surface area (Å²) in [4.78, 5) is 1.42. The minimum atomic E-state index is 0.687. The molecule has 1 atom stereocenters. The molecular formula is C18H29NS. The molecule has 1 N–H and O–H groups in total. The van der Waals surface area contributed by atoms with Crippen molar-refractivity contribution < 1.29 is 0 Å². The maximum absolute atomic E-state index is 3.73. The SMILES string of the molecule is CCNC(CSc1ccc(C)c(C)c1)C1CCCCC1. The Morgan fingerprint density at radius 3 is 2.55 bits per heavy atom. The van der Waals surface area contributed by atoms with Gasteiger partial charge in [-0.05, 0) is 62.4 Å². The van der Waals surface area contributed by atoms with E-state index in [1.54, 1.807) is 0 Å². The van der Waals surface area contributed by atoms with Crippen LogP contribution in [0.1, 0.15) is 50.2 Å². The summed E-state index contributed by atoms with van der Waals surface area (Å²) >= 11 is 2.02. The molecule has 0 aromatic heterocycles. The third-order valence-electron chi connectivity index (χ3n) is 4.59. The number of rotatable bonds is 6. The van der Waals surface area contributed by atoms with Crippen LogP contribution in [0.2, 0.25) is 0 Å². The molecule has 2 rings (SSSR count). The van der Waals surface area contributed by atoms with E-state index in [0.29, 0.717) is 6.04 Å². The molecule has 0 saturated heterocycles. The normalized spacial score (nSPS) is 18.1. The lowest BCUT2D eigenvalue weighted by Crippen LogP contribution is -2.39. The zero-order valence-corrected chi connectivity index (χ0v) is 14.1. The Morgan fingerprint density at radius 1 is 1.15 bits per heavy atom. The Morgan fingerprint density at radius 2 is 1.90 bits per heavy atom. The molecule has 2 heteroatoms. The Bertz CT molecular complexity index is 410. The lowest BCUT2D eigenvalue weighted by Gasteiger charge is -2.30. The molecule has 0 amide bonds. The third kappa shape index (κ3) is 4.53. The average molecular weight is 292 g/mol. The predicted octanol–water partition coefficient (Wildman–Crippen LogP) is 4.95. The van der Waals surface area contributed by atoms with E-state index in [-0.39, 0.29) is 0 Å². The van der Waals surface area contributed by atoms with Gasteiger partial charge in [-0.15, -0.1) is 11.8 Å². The fourth-order valence-electron chi connectivity index (χ4n) is 3.15. The highest BCUT2D eigenvalue weighted by atomic mass is 32.2. The van der Waals surface area contributed by atoms with Crippen molar-refractivity contribution in [2.75, 3.05) is 12.3 Å². The molecular weight excluding hydrogens is 262 g/mol. The van der Waals surface area contributed by atoms with Gasteiger partial charge in [-0.2, -0.15) is 0 Å². The number of benzene rings is 1. The number of thioether (sulfide) groups is 1. The lowest BCUT2D eigenvalue weighted by molar-refractivity contribution is 0.288. The molecule has 1 nitrogen and oxygen atoms in total. The quantitative estimate of drug-likeness (QED) is 0.744. The monoisotopic (exact) mass is 291 g/mol. The van der Waals surface area contributed by atoms with Crippen LogP contribution in [0.15, 0.2) is 23.1 Å². The molecule has 0 bridgehead atoms. The van der Waals surface area contributed by atoms with Crippen molar-refractivity contribution in [3.63, 3.8) is 0 Å². The summed E-state index contributed by atoms with van der Waals surface area (Å²) < 4.78 is 0. The fraction of sp³-hybridized carbons (Fsp3) is 0.667. The van der Waals surface area contributed by atoms with Gasteiger partial charge in [-0.25, -0.2) is 0 Å². The summed E-state index contributed by atoms with van der Waals surface area (Å²) in [6.07, 6.45) is 7.15. The molecule has 0 spiro atoms. The van der Waals surface area contributed by atoms with Crippen LogP contribution in [0, 0.1) is 19.8 Å². The van der Waals surface area contributed by atoms with Crippen molar-refractivity contribution in [1.29, 1.82) is 0 Å². The van der Waals surface area contributed by atoms with Gasteiger partial charge in [-0.3, -0.25) is 0 Å². The molecule has 112 valence electrons. The third-order valence-corrected chi connectivity index (χ3v) is 5.71. The molecule has 1 saturated carbocycles. The van der Waals surface area contributed by atoms with E-state index in [1.807, 2.05) is 11.8 Å². The smallest absolute Gasteiger partial charge is 0.0189 e. The zero-order valence-electron chi connectivity index (χ0n) is 13.2. The van der Waals surface area contributed by atoms with E-state index >= 15 is 0 Å². The predicted molar refractivity (Wildman–Crippen MR) is 90.7 cm³/mol. The molecule has 1 unspecified atom stereocenters. The highest BCUT2D eigenvalue weighted by Gasteiger charge is 2.22. The van der Waals surface area contributed by atoms with Crippen molar-refractivity contribution in [2.24, 2.45) is 5.92 Å². The molecule has 1 fully saturated rings. The Labute approximate surface area is 128 Å². The standard InChI is InChI=1S/C18H29NS/c1-4-19-18(16-8-6-5-7-9-16)13-20-17-11-10-14(2)15(3)12-17/h10-12,16,18-19H,4-9,13H2,1-3H3. The van der Waals surface area contributed by atoms with E-state index in [2.05, 4.69) is 44.3 Å². The van der Waals surface area contributed by atoms with Crippen LogP contribution >= 0.6 is 11.8 Å². The second-order valence-electron chi connectivity index (χ2n) is 6.12. The van der Waals surface area contributed by atoms with Crippen molar-refractivity contribution in [3.05, 3.63) is 29.3 Å². The van der Waals surface area contributed by atoms with Crippen LogP contribution in [-0.4, -0.2) is 18.3 Å². The van der Waals surface area contributed by atoms with E-state index in [0.717, 1.165) is 12.5 Å². The van der Waals surface area contributed by atoms with Gasteiger partial charge in [0.25, 0.3) is 0 Å². The Kier molecular flexibility index (Phi) is 6.44. The maximum Gasteiger partial charge on any atom is 0.0189 e. The van der Waals surface area contributed by atoms with Gasteiger partial charge in [0.1, 0.15) is 0 Å². The first-order valence-corrected chi connectivity index (χ1v) is 9.12. The van der Waals surface area contributed by atoms with Crippen LogP contribution in [0.4, 0.5) is 0 Å². The van der Waals surface area contributed by atoms with Crippen LogP contribution in [0.3, 0.4) is 0 Å². The summed E-state index contributed by atoms with van der Waals surface area (Å²) in [5, 5.41) is 3.73. The Hall–Kier alpha value is -0.470. The zero-order chi connectivity index (χ0) is 14.4. The highest BCUT2D eigenvalue weighted by Crippen LogP contribution is 2.30. The first kappa shape index (κ1) is 15.9. The second kappa shape index (κ2) is 8.09. The molecule has 1 aromatic rings. The molecule has 1 aliphatic carbocycles. The molecule has 20 heavy (non-hydrogen) atoms.